The fourth-order valence-corrected chi connectivity index (χ4v) is 5.73. The van der Waals surface area contributed by atoms with Crippen LogP contribution in [0.1, 0.15) is 31.4 Å². The lowest BCUT2D eigenvalue weighted by Gasteiger charge is -2.32. The molecule has 230 valence electrons. The molecule has 13 heteroatoms. The molecule has 0 saturated carbocycles. The Labute approximate surface area is 251 Å². The van der Waals surface area contributed by atoms with Gasteiger partial charge in [0, 0.05) is 24.7 Å². The summed E-state index contributed by atoms with van der Waals surface area (Å²) in [7, 11) is -1.53. The lowest BCUT2D eigenvalue weighted by atomic mass is 10.1. The highest BCUT2D eigenvalue weighted by Gasteiger charge is 2.33. The lowest BCUT2D eigenvalue weighted by Crippen LogP contribution is -2.51. The monoisotopic (exact) mass is 612 g/mol. The van der Waals surface area contributed by atoms with Gasteiger partial charge in [-0.1, -0.05) is 25.1 Å². The summed E-state index contributed by atoms with van der Waals surface area (Å²) < 4.78 is 39.4. The number of benzene rings is 3. The van der Waals surface area contributed by atoms with Crippen LogP contribution in [0.3, 0.4) is 0 Å². The van der Waals surface area contributed by atoms with Crippen LogP contribution in [0.5, 0.6) is 11.5 Å². The molecule has 0 aliphatic carbocycles. The number of ether oxygens (including phenoxy) is 2. The zero-order valence-electron chi connectivity index (χ0n) is 24.8. The van der Waals surface area contributed by atoms with Crippen molar-refractivity contribution >= 4 is 33.2 Å². The van der Waals surface area contributed by atoms with Crippen LogP contribution in [0.15, 0.2) is 71.6 Å². The van der Waals surface area contributed by atoms with E-state index in [1.54, 1.807) is 31.2 Å². The predicted octanol–water partition coefficient (Wildman–Crippen LogP) is 4.06. The number of nitrogens with one attached hydrogen (secondary N) is 1. The van der Waals surface area contributed by atoms with Gasteiger partial charge in [0.1, 0.15) is 24.1 Å². The molecule has 2 amide bonds. The molecule has 0 heterocycles. The fourth-order valence-electron chi connectivity index (χ4n) is 4.30. The second kappa shape index (κ2) is 14.5. The van der Waals surface area contributed by atoms with Crippen molar-refractivity contribution in [2.45, 2.75) is 44.7 Å². The predicted molar refractivity (Wildman–Crippen MR) is 162 cm³/mol. The number of carbonyl (C=O) groups excluding carboxylic acids is 2. The number of amides is 2. The molecule has 0 aromatic heterocycles. The Bertz CT molecular complexity index is 1560. The minimum Gasteiger partial charge on any atom is -0.497 e. The highest BCUT2D eigenvalue weighted by atomic mass is 32.2. The average Bonchev–Trinajstić information content (AvgIpc) is 3.00. The van der Waals surface area contributed by atoms with Crippen LogP contribution in [0.25, 0.3) is 0 Å². The van der Waals surface area contributed by atoms with Crippen molar-refractivity contribution in [2.24, 2.45) is 0 Å². The van der Waals surface area contributed by atoms with E-state index in [1.807, 2.05) is 6.92 Å². The number of anilines is 1. The van der Waals surface area contributed by atoms with E-state index >= 15 is 0 Å². The summed E-state index contributed by atoms with van der Waals surface area (Å²) in [6.45, 7) is 4.67. The van der Waals surface area contributed by atoms with Crippen molar-refractivity contribution in [1.82, 2.24) is 10.2 Å². The number of hydrogen-bond donors (Lipinski definition) is 1. The summed E-state index contributed by atoms with van der Waals surface area (Å²) >= 11 is 0. The van der Waals surface area contributed by atoms with Crippen LogP contribution in [0.2, 0.25) is 0 Å². The van der Waals surface area contributed by atoms with Crippen molar-refractivity contribution in [2.75, 3.05) is 31.6 Å². The fraction of sp³-hybridized carbons (Fsp3) is 0.333. The maximum atomic E-state index is 14.0. The number of nitrogens with zero attached hydrogens (tertiary/aromatic N) is 3. The minimum absolute atomic E-state index is 0.0107. The molecule has 12 nitrogen and oxygen atoms in total. The van der Waals surface area contributed by atoms with Crippen LogP contribution < -0.4 is 19.1 Å². The second-order valence-corrected chi connectivity index (χ2v) is 11.6. The second-order valence-electron chi connectivity index (χ2n) is 9.76. The Kier molecular flexibility index (Phi) is 11.1. The van der Waals surface area contributed by atoms with Crippen molar-refractivity contribution in [3.8, 4) is 11.5 Å². The number of methoxy groups -OCH3 is 2. The molecule has 0 aliphatic rings. The molecule has 3 aromatic rings. The van der Waals surface area contributed by atoms with Gasteiger partial charge in [0.15, 0.2) is 0 Å². The molecule has 1 unspecified atom stereocenters. The van der Waals surface area contributed by atoms with Gasteiger partial charge >= 0.3 is 0 Å². The zero-order chi connectivity index (χ0) is 31.7. The molecule has 0 aliphatic heterocycles. The van der Waals surface area contributed by atoms with Crippen LogP contribution in [0.4, 0.5) is 11.4 Å². The standard InChI is InChI=1S/C30H36N4O8S/c1-6-16-31-30(36)22(3)32(19-23-8-7-9-26(17-23)42-5)29(35)20-33(24-11-13-25(41-4)14-12-24)43(39,40)27-15-10-21(2)28(18-27)34(37)38/h7-15,17-18,22H,6,16,19-20H2,1-5H3,(H,31,36). The Morgan fingerprint density at radius 2 is 1.67 bits per heavy atom. The number of rotatable bonds is 14. The average molecular weight is 613 g/mol. The summed E-state index contributed by atoms with van der Waals surface area (Å²) in [5.41, 5.74) is 0.702. The maximum absolute atomic E-state index is 14.0. The highest BCUT2D eigenvalue weighted by Crippen LogP contribution is 2.29. The highest BCUT2D eigenvalue weighted by molar-refractivity contribution is 7.92. The van der Waals surface area contributed by atoms with Gasteiger partial charge in [0.05, 0.1) is 29.7 Å². The van der Waals surface area contributed by atoms with Gasteiger partial charge < -0.3 is 19.7 Å². The first-order valence-electron chi connectivity index (χ1n) is 13.5. The van der Waals surface area contributed by atoms with Gasteiger partial charge in [-0.05, 0) is 68.3 Å². The molecule has 43 heavy (non-hydrogen) atoms. The Morgan fingerprint density at radius 1 is 1.00 bits per heavy atom. The van der Waals surface area contributed by atoms with Gasteiger partial charge in [0.25, 0.3) is 15.7 Å². The number of carbonyl (C=O) groups is 2. The molecule has 0 saturated heterocycles. The molecule has 0 spiro atoms. The molecule has 1 N–H and O–H groups in total. The topological polar surface area (TPSA) is 148 Å². The molecule has 0 bridgehead atoms. The van der Waals surface area contributed by atoms with E-state index in [1.165, 1.54) is 62.4 Å². The van der Waals surface area contributed by atoms with Crippen LogP contribution in [-0.4, -0.2) is 63.4 Å². The smallest absolute Gasteiger partial charge is 0.273 e. The normalized spacial score (nSPS) is 11.7. The van der Waals surface area contributed by atoms with E-state index < -0.39 is 39.3 Å². The molecule has 1 atom stereocenters. The van der Waals surface area contributed by atoms with E-state index in [0.717, 1.165) is 10.4 Å². The van der Waals surface area contributed by atoms with Crippen molar-refractivity contribution in [1.29, 1.82) is 0 Å². The third-order valence-corrected chi connectivity index (χ3v) is 8.58. The van der Waals surface area contributed by atoms with E-state index in [-0.39, 0.29) is 28.4 Å². The molecule has 0 radical (unpaired) electrons. The molecule has 3 rings (SSSR count). The number of hydrogen-bond acceptors (Lipinski definition) is 8. The Hall–Kier alpha value is -4.65. The first-order chi connectivity index (χ1) is 20.4. The van der Waals surface area contributed by atoms with Gasteiger partial charge in [0.2, 0.25) is 11.8 Å². The van der Waals surface area contributed by atoms with Crippen LogP contribution >= 0.6 is 0 Å². The number of aryl methyl sites for hydroxylation is 1. The zero-order valence-corrected chi connectivity index (χ0v) is 25.6. The van der Waals surface area contributed by atoms with Gasteiger partial charge in [-0.2, -0.15) is 0 Å². The Balaban J connectivity index is 2.09. The number of sulfonamides is 1. The van der Waals surface area contributed by atoms with Gasteiger partial charge in [-0.25, -0.2) is 8.42 Å². The molecule has 0 fully saturated rings. The maximum Gasteiger partial charge on any atom is 0.273 e. The summed E-state index contributed by atoms with van der Waals surface area (Å²) in [4.78, 5) is 38.9. The summed E-state index contributed by atoms with van der Waals surface area (Å²) in [5.74, 6) is -0.0512. The summed E-state index contributed by atoms with van der Waals surface area (Å²) in [6, 6.07) is 15.6. The molecule has 3 aromatic carbocycles. The first kappa shape index (κ1) is 32.9. The van der Waals surface area contributed by atoms with E-state index in [9.17, 15) is 28.1 Å². The SMILES string of the molecule is CCCNC(=O)C(C)N(Cc1cccc(OC)c1)C(=O)CN(c1ccc(OC)cc1)S(=O)(=O)c1ccc(C)c([N+](=O)[O-])c1. The Morgan fingerprint density at radius 3 is 2.28 bits per heavy atom. The van der Waals surface area contributed by atoms with E-state index in [0.29, 0.717) is 30.0 Å². The quantitative estimate of drug-likeness (QED) is 0.212. The minimum atomic E-state index is -4.50. The van der Waals surface area contributed by atoms with Gasteiger partial charge in [-0.3, -0.25) is 24.0 Å². The van der Waals surface area contributed by atoms with E-state index in [2.05, 4.69) is 5.32 Å². The third-order valence-electron chi connectivity index (χ3n) is 6.81. The third kappa shape index (κ3) is 8.01. The van der Waals surface area contributed by atoms with Crippen molar-refractivity contribution < 1.29 is 32.4 Å². The van der Waals surface area contributed by atoms with Gasteiger partial charge in [-0.15, -0.1) is 0 Å². The lowest BCUT2D eigenvalue weighted by molar-refractivity contribution is -0.385. The number of nitro benzene ring substituents is 1. The van der Waals surface area contributed by atoms with E-state index in [4.69, 9.17) is 9.47 Å². The summed E-state index contributed by atoms with van der Waals surface area (Å²) in [5, 5.41) is 14.4. The number of nitro groups is 1. The largest absolute Gasteiger partial charge is 0.497 e. The summed E-state index contributed by atoms with van der Waals surface area (Å²) in [6.07, 6.45) is 0.689. The van der Waals surface area contributed by atoms with Crippen molar-refractivity contribution in [3.63, 3.8) is 0 Å². The molecular formula is C30H36N4O8S. The first-order valence-corrected chi connectivity index (χ1v) is 15.0. The van der Waals surface area contributed by atoms with Crippen LogP contribution in [-0.2, 0) is 26.2 Å². The molecular weight excluding hydrogens is 576 g/mol. The van der Waals surface area contributed by atoms with Crippen molar-refractivity contribution in [3.05, 3.63) is 88.0 Å². The van der Waals surface area contributed by atoms with Crippen LogP contribution in [0, 0.1) is 17.0 Å².